The van der Waals surface area contributed by atoms with E-state index < -0.39 is 36.1 Å². The van der Waals surface area contributed by atoms with Gasteiger partial charge >= 0.3 is 17.9 Å². The molecule has 0 rings (SSSR count). The van der Waals surface area contributed by atoms with E-state index in [1.807, 2.05) is 0 Å². The number of carbonyl (C=O) groups is 4. The van der Waals surface area contributed by atoms with Gasteiger partial charge < -0.3 is 29.2 Å². The lowest BCUT2D eigenvalue weighted by Gasteiger charge is -2.25. The quantitative estimate of drug-likeness (QED) is 0.188. The van der Waals surface area contributed by atoms with Crippen LogP contribution in [0.25, 0.3) is 0 Å². The monoisotopic (exact) mass is 322 g/mol. The molecule has 0 unspecified atom stereocenters. The summed E-state index contributed by atoms with van der Waals surface area (Å²) in [6.07, 6.45) is 0. The number of hydrogen-bond donors (Lipinski definition) is 2. The zero-order chi connectivity index (χ0) is 17.2. The van der Waals surface area contributed by atoms with Crippen molar-refractivity contribution in [2.75, 3.05) is 33.0 Å². The highest BCUT2D eigenvalue weighted by molar-refractivity contribution is 6.33. The second-order valence-corrected chi connectivity index (χ2v) is 3.99. The third kappa shape index (κ3) is 8.42. The van der Waals surface area contributed by atoms with Gasteiger partial charge in [0.05, 0.1) is 26.4 Å². The van der Waals surface area contributed by atoms with Crippen LogP contribution in [0.15, 0.2) is 0 Å². The van der Waals surface area contributed by atoms with E-state index in [2.05, 4.69) is 9.47 Å². The molecule has 0 aliphatic carbocycles. The molecule has 0 saturated heterocycles. The van der Waals surface area contributed by atoms with Crippen molar-refractivity contribution in [2.24, 2.45) is 0 Å². The number of hydrogen-bond acceptors (Lipinski definition) is 10. The predicted molar refractivity (Wildman–Crippen MR) is 67.2 cm³/mol. The molecule has 0 aromatic rings. The van der Waals surface area contributed by atoms with Crippen molar-refractivity contribution in [2.45, 2.75) is 19.8 Å². The molecule has 0 fully saturated rings. The number of ketones is 2. The Hall–Kier alpha value is -1.88. The fraction of sp³-hybridized carbons (Fsp3) is 0.667. The maximum atomic E-state index is 11.2. The number of Topliss-reactive ketones (excluding diaryl/α,β-unsaturated/α-hetero) is 2. The summed E-state index contributed by atoms with van der Waals surface area (Å²) in [5.41, 5.74) is 0. The number of carbonyl (C=O) groups excluding carboxylic acids is 4. The van der Waals surface area contributed by atoms with Crippen molar-refractivity contribution in [3.63, 3.8) is 0 Å². The molecular formula is C12H18O10. The number of rotatable bonds is 11. The fourth-order valence-corrected chi connectivity index (χ4v) is 0.999. The van der Waals surface area contributed by atoms with Crippen LogP contribution in [-0.2, 0) is 38.1 Å². The molecule has 10 nitrogen and oxygen atoms in total. The summed E-state index contributed by atoms with van der Waals surface area (Å²) in [5.74, 6) is -7.97. The molecule has 126 valence electrons. The lowest BCUT2D eigenvalue weighted by atomic mass is 10.4. The Labute approximate surface area is 125 Å². The van der Waals surface area contributed by atoms with Crippen LogP contribution in [0.4, 0.5) is 0 Å². The average Bonchev–Trinajstić information content (AvgIpc) is 2.42. The van der Waals surface area contributed by atoms with Crippen LogP contribution < -0.4 is 0 Å². The highest BCUT2D eigenvalue weighted by Gasteiger charge is 2.39. The van der Waals surface area contributed by atoms with E-state index in [9.17, 15) is 24.3 Å². The molecule has 10 heteroatoms. The first-order valence-corrected chi connectivity index (χ1v) is 6.18. The van der Waals surface area contributed by atoms with Gasteiger partial charge in [-0.15, -0.1) is 0 Å². The van der Waals surface area contributed by atoms with Gasteiger partial charge in [0.15, 0.2) is 6.61 Å². The van der Waals surface area contributed by atoms with E-state index >= 15 is 0 Å². The first kappa shape index (κ1) is 20.1. The zero-order valence-electron chi connectivity index (χ0n) is 12.2. The van der Waals surface area contributed by atoms with E-state index in [0.717, 1.165) is 13.8 Å². The third-order valence-corrected chi connectivity index (χ3v) is 1.97. The Balaban J connectivity index is 4.57. The topological polar surface area (TPSA) is 146 Å². The van der Waals surface area contributed by atoms with Gasteiger partial charge in [-0.25, -0.2) is 9.59 Å². The Morgan fingerprint density at radius 1 is 0.864 bits per heavy atom. The van der Waals surface area contributed by atoms with E-state index in [-0.39, 0.29) is 26.4 Å². The molecule has 0 radical (unpaired) electrons. The molecule has 0 bridgehead atoms. The first-order chi connectivity index (χ1) is 10.2. The Morgan fingerprint density at radius 2 is 1.32 bits per heavy atom. The largest absolute Gasteiger partial charge is 0.398 e. The standard InChI is InChI=1S/C12H18O10/c1-8(14)10(16)21-12(18,22-11(17)9(2)15)7-20-6-5-19-4-3-13/h13,18H,3-7H2,1-2H3. The summed E-state index contributed by atoms with van der Waals surface area (Å²) in [6.45, 7) is 0.740. The van der Waals surface area contributed by atoms with Gasteiger partial charge in [0.2, 0.25) is 11.6 Å². The molecule has 0 heterocycles. The van der Waals surface area contributed by atoms with E-state index in [1.54, 1.807) is 0 Å². The van der Waals surface area contributed by atoms with Crippen LogP contribution in [0.1, 0.15) is 13.8 Å². The molecule has 2 N–H and O–H groups in total. The van der Waals surface area contributed by atoms with Crippen molar-refractivity contribution in [1.29, 1.82) is 0 Å². The minimum Gasteiger partial charge on any atom is -0.394 e. The summed E-state index contributed by atoms with van der Waals surface area (Å²) < 4.78 is 18.4. The highest BCUT2D eigenvalue weighted by atomic mass is 16.9. The van der Waals surface area contributed by atoms with Gasteiger partial charge in [-0.3, -0.25) is 9.59 Å². The van der Waals surface area contributed by atoms with Gasteiger partial charge in [-0.05, 0) is 0 Å². The molecule has 0 saturated carbocycles. The lowest BCUT2D eigenvalue weighted by molar-refractivity contribution is -0.338. The highest BCUT2D eigenvalue weighted by Crippen LogP contribution is 2.12. The minimum absolute atomic E-state index is 0.0396. The van der Waals surface area contributed by atoms with E-state index in [0.29, 0.717) is 0 Å². The van der Waals surface area contributed by atoms with Crippen LogP contribution in [0, 0.1) is 0 Å². The Kier molecular flexibility index (Phi) is 9.10. The van der Waals surface area contributed by atoms with Crippen LogP contribution in [0.3, 0.4) is 0 Å². The van der Waals surface area contributed by atoms with Crippen molar-refractivity contribution in [3.8, 4) is 0 Å². The van der Waals surface area contributed by atoms with E-state index in [1.165, 1.54) is 0 Å². The Morgan fingerprint density at radius 3 is 1.73 bits per heavy atom. The summed E-state index contributed by atoms with van der Waals surface area (Å²) >= 11 is 0. The molecular weight excluding hydrogens is 304 g/mol. The van der Waals surface area contributed by atoms with Gasteiger partial charge in [0.1, 0.15) is 0 Å². The van der Waals surface area contributed by atoms with Crippen LogP contribution in [0.5, 0.6) is 0 Å². The average molecular weight is 322 g/mol. The second kappa shape index (κ2) is 9.95. The molecule has 0 aliphatic heterocycles. The number of aliphatic hydroxyl groups is 2. The number of aliphatic hydroxyl groups excluding tert-OH is 1. The van der Waals surface area contributed by atoms with Crippen LogP contribution >= 0.6 is 0 Å². The normalized spacial score (nSPS) is 10.9. The molecule has 0 atom stereocenters. The van der Waals surface area contributed by atoms with Crippen LogP contribution in [-0.4, -0.2) is 72.7 Å². The summed E-state index contributed by atoms with van der Waals surface area (Å²) in [4.78, 5) is 44.0. The maximum absolute atomic E-state index is 11.2. The molecule has 0 amide bonds. The van der Waals surface area contributed by atoms with Gasteiger partial charge in [0.25, 0.3) is 0 Å². The zero-order valence-corrected chi connectivity index (χ0v) is 12.2. The van der Waals surface area contributed by atoms with Crippen molar-refractivity contribution < 1.29 is 48.3 Å². The predicted octanol–water partition coefficient (Wildman–Crippen LogP) is -2.08. The van der Waals surface area contributed by atoms with Crippen molar-refractivity contribution >= 4 is 23.5 Å². The maximum Gasteiger partial charge on any atom is 0.398 e. The Bertz CT molecular complexity index is 388. The van der Waals surface area contributed by atoms with Gasteiger partial charge in [-0.1, -0.05) is 0 Å². The van der Waals surface area contributed by atoms with Crippen LogP contribution in [0.2, 0.25) is 0 Å². The third-order valence-electron chi connectivity index (χ3n) is 1.97. The molecule has 0 spiro atoms. The molecule has 0 aromatic heterocycles. The summed E-state index contributed by atoms with van der Waals surface area (Å²) in [5, 5.41) is 18.3. The number of esters is 2. The van der Waals surface area contributed by atoms with Gasteiger partial charge in [0, 0.05) is 13.8 Å². The fourth-order valence-electron chi connectivity index (χ4n) is 0.999. The molecule has 0 aromatic carbocycles. The van der Waals surface area contributed by atoms with Gasteiger partial charge in [-0.2, -0.15) is 0 Å². The SMILES string of the molecule is CC(=O)C(=O)OC(O)(COCCOCCO)OC(=O)C(C)=O. The first-order valence-electron chi connectivity index (χ1n) is 6.18. The summed E-state index contributed by atoms with van der Waals surface area (Å²) in [7, 11) is 0. The smallest absolute Gasteiger partial charge is 0.394 e. The lowest BCUT2D eigenvalue weighted by Crippen LogP contribution is -2.46. The summed E-state index contributed by atoms with van der Waals surface area (Å²) in [6, 6.07) is 0. The molecule has 0 aliphatic rings. The van der Waals surface area contributed by atoms with Crippen molar-refractivity contribution in [3.05, 3.63) is 0 Å². The molecule has 22 heavy (non-hydrogen) atoms. The second-order valence-electron chi connectivity index (χ2n) is 3.99. The van der Waals surface area contributed by atoms with Crippen molar-refractivity contribution in [1.82, 2.24) is 0 Å². The number of ether oxygens (including phenoxy) is 4. The minimum atomic E-state index is -2.91. The van der Waals surface area contributed by atoms with E-state index in [4.69, 9.17) is 14.6 Å².